The second-order valence-electron chi connectivity index (χ2n) is 9.73. The highest BCUT2D eigenvalue weighted by Crippen LogP contribution is 2.27. The SMILES string of the molecule is Cc1ccc(S(=O)(=O)N(CC(=O)N(Cc2ccccc2Cl)[C@@H](C)C(=O)NCC(C)C)c2ccc(Cl)cc2)cc1. The monoisotopic (exact) mass is 589 g/mol. The Kier molecular flexibility index (Phi) is 10.4. The molecular formula is C29H33Cl2N3O4S. The summed E-state index contributed by atoms with van der Waals surface area (Å²) < 4.78 is 28.6. The zero-order chi connectivity index (χ0) is 28.7. The Labute approximate surface area is 240 Å². The number of carbonyl (C=O) groups excluding carboxylic acids is 2. The van der Waals surface area contributed by atoms with Crippen LogP contribution in [0.1, 0.15) is 31.9 Å². The van der Waals surface area contributed by atoms with Gasteiger partial charge in [0.2, 0.25) is 11.8 Å². The first-order valence-electron chi connectivity index (χ1n) is 12.6. The van der Waals surface area contributed by atoms with Crippen LogP contribution in [-0.4, -0.2) is 44.3 Å². The number of nitrogens with one attached hydrogen (secondary N) is 1. The van der Waals surface area contributed by atoms with Crippen LogP contribution >= 0.6 is 23.2 Å². The van der Waals surface area contributed by atoms with E-state index in [9.17, 15) is 18.0 Å². The normalized spacial score (nSPS) is 12.2. The highest BCUT2D eigenvalue weighted by molar-refractivity contribution is 7.92. The second kappa shape index (κ2) is 13.3. The van der Waals surface area contributed by atoms with Gasteiger partial charge in [-0.3, -0.25) is 13.9 Å². The van der Waals surface area contributed by atoms with Crippen LogP contribution in [-0.2, 0) is 26.2 Å². The highest BCUT2D eigenvalue weighted by atomic mass is 35.5. The van der Waals surface area contributed by atoms with Gasteiger partial charge in [0.25, 0.3) is 10.0 Å². The standard InChI is InChI=1S/C29H33Cl2N3O4S/c1-20(2)17-32-29(36)22(4)33(18-23-7-5-6-8-27(23)31)28(35)19-34(25-13-11-24(30)12-14-25)39(37,38)26-15-9-21(3)10-16-26/h5-16,20,22H,17-19H2,1-4H3,(H,32,36)/t22-/m0/s1. The minimum absolute atomic E-state index is 0.0216. The summed E-state index contributed by atoms with van der Waals surface area (Å²) in [5, 5.41) is 3.72. The summed E-state index contributed by atoms with van der Waals surface area (Å²) in [5.41, 5.74) is 1.80. The lowest BCUT2D eigenvalue weighted by molar-refractivity contribution is -0.139. The Morgan fingerprint density at radius 1 is 0.897 bits per heavy atom. The van der Waals surface area contributed by atoms with Crippen molar-refractivity contribution in [3.63, 3.8) is 0 Å². The molecule has 3 aromatic rings. The summed E-state index contributed by atoms with van der Waals surface area (Å²) in [7, 11) is -4.14. The Hall–Kier alpha value is -3.07. The summed E-state index contributed by atoms with van der Waals surface area (Å²) in [6.07, 6.45) is 0. The molecule has 208 valence electrons. The maximum absolute atomic E-state index is 13.9. The van der Waals surface area contributed by atoms with E-state index >= 15 is 0 Å². The summed E-state index contributed by atoms with van der Waals surface area (Å²) >= 11 is 12.4. The van der Waals surface area contributed by atoms with Crippen LogP contribution in [0, 0.1) is 12.8 Å². The van der Waals surface area contributed by atoms with E-state index in [0.717, 1.165) is 9.87 Å². The van der Waals surface area contributed by atoms with E-state index in [1.165, 1.54) is 17.0 Å². The Balaban J connectivity index is 2.01. The number of hydrogen-bond donors (Lipinski definition) is 1. The third-order valence-electron chi connectivity index (χ3n) is 6.15. The zero-order valence-corrected chi connectivity index (χ0v) is 24.7. The van der Waals surface area contributed by atoms with E-state index in [1.807, 2.05) is 20.8 Å². The Morgan fingerprint density at radius 2 is 1.51 bits per heavy atom. The number of benzene rings is 3. The van der Waals surface area contributed by atoms with Gasteiger partial charge in [-0.1, -0.05) is 72.9 Å². The van der Waals surface area contributed by atoms with Gasteiger partial charge in [0.1, 0.15) is 12.6 Å². The van der Waals surface area contributed by atoms with E-state index in [4.69, 9.17) is 23.2 Å². The fraction of sp³-hybridized carbons (Fsp3) is 0.310. The number of carbonyl (C=O) groups is 2. The number of aryl methyl sites for hydroxylation is 1. The average Bonchev–Trinajstić information content (AvgIpc) is 2.90. The predicted octanol–water partition coefficient (Wildman–Crippen LogP) is 5.69. The zero-order valence-electron chi connectivity index (χ0n) is 22.4. The number of halogens is 2. The van der Waals surface area contributed by atoms with Crippen molar-refractivity contribution in [2.75, 3.05) is 17.4 Å². The third-order valence-corrected chi connectivity index (χ3v) is 8.56. The first-order valence-corrected chi connectivity index (χ1v) is 14.7. The molecule has 39 heavy (non-hydrogen) atoms. The largest absolute Gasteiger partial charge is 0.354 e. The lowest BCUT2D eigenvalue weighted by atomic mass is 10.1. The molecule has 0 aliphatic carbocycles. The number of sulfonamides is 1. The number of nitrogens with zero attached hydrogens (tertiary/aromatic N) is 2. The summed E-state index contributed by atoms with van der Waals surface area (Å²) in [6, 6.07) is 18.7. The molecule has 1 atom stereocenters. The topological polar surface area (TPSA) is 86.8 Å². The van der Waals surface area contributed by atoms with Gasteiger partial charge in [0.15, 0.2) is 0 Å². The maximum Gasteiger partial charge on any atom is 0.264 e. The van der Waals surface area contributed by atoms with Gasteiger partial charge in [-0.25, -0.2) is 8.42 Å². The van der Waals surface area contributed by atoms with Crippen molar-refractivity contribution in [2.24, 2.45) is 5.92 Å². The molecule has 0 aliphatic heterocycles. The van der Waals surface area contributed by atoms with Crippen molar-refractivity contribution in [2.45, 2.75) is 45.2 Å². The van der Waals surface area contributed by atoms with E-state index < -0.39 is 28.5 Å². The third kappa shape index (κ3) is 7.97. The van der Waals surface area contributed by atoms with Crippen molar-refractivity contribution in [3.05, 3.63) is 94.0 Å². The number of amides is 2. The molecule has 0 radical (unpaired) electrons. The van der Waals surface area contributed by atoms with Crippen LogP contribution in [0.2, 0.25) is 10.0 Å². The van der Waals surface area contributed by atoms with Crippen molar-refractivity contribution >= 4 is 50.7 Å². The highest BCUT2D eigenvalue weighted by Gasteiger charge is 2.32. The van der Waals surface area contributed by atoms with Crippen molar-refractivity contribution in [1.29, 1.82) is 0 Å². The van der Waals surface area contributed by atoms with E-state index in [-0.39, 0.29) is 29.0 Å². The first kappa shape index (κ1) is 30.5. The maximum atomic E-state index is 13.9. The summed E-state index contributed by atoms with van der Waals surface area (Å²) in [6.45, 7) is 7.34. The van der Waals surface area contributed by atoms with Gasteiger partial charge in [-0.15, -0.1) is 0 Å². The molecule has 3 rings (SSSR count). The molecule has 2 amide bonds. The molecule has 0 fully saturated rings. The minimum atomic E-state index is -4.14. The predicted molar refractivity (Wildman–Crippen MR) is 156 cm³/mol. The van der Waals surface area contributed by atoms with Crippen LogP contribution in [0.15, 0.2) is 77.7 Å². The second-order valence-corrected chi connectivity index (χ2v) is 12.4. The number of rotatable bonds is 11. The van der Waals surface area contributed by atoms with Crippen LogP contribution in [0.5, 0.6) is 0 Å². The van der Waals surface area contributed by atoms with E-state index in [1.54, 1.807) is 67.6 Å². The molecule has 0 aromatic heterocycles. The van der Waals surface area contributed by atoms with Crippen molar-refractivity contribution in [1.82, 2.24) is 10.2 Å². The summed E-state index contributed by atoms with van der Waals surface area (Å²) in [5.74, 6) is -0.690. The fourth-order valence-electron chi connectivity index (χ4n) is 3.82. The van der Waals surface area contributed by atoms with E-state index in [0.29, 0.717) is 22.2 Å². The van der Waals surface area contributed by atoms with Crippen molar-refractivity contribution in [3.8, 4) is 0 Å². The lowest BCUT2D eigenvalue weighted by Crippen LogP contribution is -2.51. The molecule has 10 heteroatoms. The Bertz CT molecular complexity index is 1390. The first-order chi connectivity index (χ1) is 18.4. The van der Waals surface area contributed by atoms with Gasteiger partial charge in [-0.2, -0.15) is 0 Å². The molecule has 0 unspecified atom stereocenters. The quantitative estimate of drug-likeness (QED) is 0.311. The van der Waals surface area contributed by atoms with Gasteiger partial charge < -0.3 is 10.2 Å². The van der Waals surface area contributed by atoms with Crippen molar-refractivity contribution < 1.29 is 18.0 Å². The van der Waals surface area contributed by atoms with Crippen LogP contribution < -0.4 is 9.62 Å². The fourth-order valence-corrected chi connectivity index (χ4v) is 5.55. The molecule has 0 spiro atoms. The van der Waals surface area contributed by atoms with Crippen LogP contribution in [0.4, 0.5) is 5.69 Å². The molecule has 0 heterocycles. The molecule has 0 bridgehead atoms. The molecule has 1 N–H and O–H groups in total. The van der Waals surface area contributed by atoms with Gasteiger partial charge in [-0.05, 0) is 67.8 Å². The lowest BCUT2D eigenvalue weighted by Gasteiger charge is -2.32. The average molecular weight is 591 g/mol. The molecule has 0 aliphatic rings. The Morgan fingerprint density at radius 3 is 2.10 bits per heavy atom. The van der Waals surface area contributed by atoms with Crippen LogP contribution in [0.25, 0.3) is 0 Å². The number of anilines is 1. The molecular weight excluding hydrogens is 557 g/mol. The smallest absolute Gasteiger partial charge is 0.264 e. The summed E-state index contributed by atoms with van der Waals surface area (Å²) in [4.78, 5) is 28.3. The van der Waals surface area contributed by atoms with Crippen LogP contribution in [0.3, 0.4) is 0 Å². The molecule has 7 nitrogen and oxygen atoms in total. The minimum Gasteiger partial charge on any atom is -0.354 e. The molecule has 3 aromatic carbocycles. The van der Waals surface area contributed by atoms with E-state index in [2.05, 4.69) is 5.32 Å². The van der Waals surface area contributed by atoms with Gasteiger partial charge in [0.05, 0.1) is 10.6 Å². The number of hydrogen-bond acceptors (Lipinski definition) is 4. The molecule has 0 saturated carbocycles. The van der Waals surface area contributed by atoms with Gasteiger partial charge >= 0.3 is 0 Å². The molecule has 0 saturated heterocycles. The van der Waals surface area contributed by atoms with Gasteiger partial charge in [0, 0.05) is 23.1 Å².